The van der Waals surface area contributed by atoms with Gasteiger partial charge >= 0.3 is 0 Å². The van der Waals surface area contributed by atoms with Gasteiger partial charge in [-0.2, -0.15) is 0 Å². The van der Waals surface area contributed by atoms with Crippen LogP contribution in [0.1, 0.15) is 36.8 Å². The Kier molecular flexibility index (Phi) is 5.11. The summed E-state index contributed by atoms with van der Waals surface area (Å²) in [5.74, 6) is 1.61. The summed E-state index contributed by atoms with van der Waals surface area (Å²) >= 11 is 0. The van der Waals surface area contributed by atoms with Crippen molar-refractivity contribution >= 4 is 0 Å². The van der Waals surface area contributed by atoms with Crippen LogP contribution in [0.5, 0.6) is 11.5 Å². The molecule has 3 atom stereocenters. The standard InChI is InChI=1S/C23H30N2O2/c1-26-20-9-8-18(14-21(20)27-2)23-11-10-19(24)15-22(23)25(13-12-23)16-17-6-4-3-5-7-17/h3-9,14,19,22H,10-13,15-16,24H2,1-2H3/t19?,22-,23-/m0/s1. The number of rotatable bonds is 5. The zero-order valence-electron chi connectivity index (χ0n) is 16.4. The van der Waals surface area contributed by atoms with Gasteiger partial charge in [-0.1, -0.05) is 36.4 Å². The third kappa shape index (κ3) is 3.32. The van der Waals surface area contributed by atoms with Crippen molar-refractivity contribution in [1.29, 1.82) is 0 Å². The Morgan fingerprint density at radius 1 is 1.04 bits per heavy atom. The van der Waals surface area contributed by atoms with Gasteiger partial charge in [0.1, 0.15) is 0 Å². The van der Waals surface area contributed by atoms with E-state index in [9.17, 15) is 0 Å². The van der Waals surface area contributed by atoms with E-state index in [2.05, 4.69) is 47.4 Å². The van der Waals surface area contributed by atoms with Crippen LogP contribution < -0.4 is 15.2 Å². The minimum absolute atomic E-state index is 0.157. The monoisotopic (exact) mass is 366 g/mol. The van der Waals surface area contributed by atoms with E-state index < -0.39 is 0 Å². The van der Waals surface area contributed by atoms with Crippen LogP contribution in [0.25, 0.3) is 0 Å². The van der Waals surface area contributed by atoms with Crippen molar-refractivity contribution in [3.63, 3.8) is 0 Å². The van der Waals surface area contributed by atoms with E-state index in [1.54, 1.807) is 14.2 Å². The molecule has 2 fully saturated rings. The predicted molar refractivity (Wildman–Crippen MR) is 108 cm³/mol. The van der Waals surface area contributed by atoms with Gasteiger partial charge in [-0.3, -0.25) is 4.90 Å². The first-order valence-corrected chi connectivity index (χ1v) is 9.92. The molecule has 2 N–H and O–H groups in total. The third-order valence-corrected chi connectivity index (χ3v) is 6.60. The van der Waals surface area contributed by atoms with Crippen LogP contribution in [0.3, 0.4) is 0 Å². The van der Waals surface area contributed by atoms with E-state index in [0.29, 0.717) is 12.1 Å². The molecule has 1 aliphatic carbocycles. The average molecular weight is 367 g/mol. The summed E-state index contributed by atoms with van der Waals surface area (Å²) in [4.78, 5) is 2.64. The van der Waals surface area contributed by atoms with Gasteiger partial charge in [-0.25, -0.2) is 0 Å². The molecule has 1 saturated heterocycles. The first-order chi connectivity index (χ1) is 13.2. The maximum absolute atomic E-state index is 6.41. The quantitative estimate of drug-likeness (QED) is 0.876. The summed E-state index contributed by atoms with van der Waals surface area (Å²) in [7, 11) is 3.40. The number of methoxy groups -OCH3 is 2. The molecule has 2 aromatic rings. The average Bonchev–Trinajstić information content (AvgIpc) is 3.07. The molecule has 0 bridgehead atoms. The highest BCUT2D eigenvalue weighted by Crippen LogP contribution is 2.50. The number of benzene rings is 2. The summed E-state index contributed by atoms with van der Waals surface area (Å²) in [6.45, 7) is 2.11. The van der Waals surface area contributed by atoms with E-state index in [-0.39, 0.29) is 5.41 Å². The second kappa shape index (κ2) is 7.53. The van der Waals surface area contributed by atoms with Crippen molar-refractivity contribution in [3.8, 4) is 11.5 Å². The molecule has 4 nitrogen and oxygen atoms in total. The first-order valence-electron chi connectivity index (χ1n) is 9.92. The lowest BCUT2D eigenvalue weighted by Crippen LogP contribution is -2.50. The lowest BCUT2D eigenvalue weighted by atomic mass is 9.65. The van der Waals surface area contributed by atoms with E-state index >= 15 is 0 Å². The predicted octanol–water partition coefficient (Wildman–Crippen LogP) is 3.73. The zero-order chi connectivity index (χ0) is 18.9. The van der Waals surface area contributed by atoms with Crippen molar-refractivity contribution < 1.29 is 9.47 Å². The molecule has 144 valence electrons. The molecule has 1 unspecified atom stereocenters. The van der Waals surface area contributed by atoms with E-state index in [1.807, 2.05) is 6.07 Å². The Labute approximate surface area is 162 Å². The summed E-state index contributed by atoms with van der Waals surface area (Å²) in [5.41, 5.74) is 9.31. The van der Waals surface area contributed by atoms with Crippen LogP contribution >= 0.6 is 0 Å². The van der Waals surface area contributed by atoms with E-state index in [1.165, 1.54) is 17.5 Å². The number of hydrogen-bond donors (Lipinski definition) is 1. The summed E-state index contributed by atoms with van der Waals surface area (Å²) in [6, 6.07) is 18.0. The van der Waals surface area contributed by atoms with Gasteiger partial charge in [0.05, 0.1) is 14.2 Å². The molecule has 4 rings (SSSR count). The molecule has 0 spiro atoms. The number of likely N-dealkylation sites (tertiary alicyclic amines) is 1. The zero-order valence-corrected chi connectivity index (χ0v) is 16.4. The molecule has 27 heavy (non-hydrogen) atoms. The molecule has 0 aromatic heterocycles. The van der Waals surface area contributed by atoms with Crippen LogP contribution in [0.15, 0.2) is 48.5 Å². The second-order valence-electron chi connectivity index (χ2n) is 7.98. The highest BCUT2D eigenvalue weighted by Gasteiger charge is 2.51. The van der Waals surface area contributed by atoms with Crippen LogP contribution in [0, 0.1) is 0 Å². The molecule has 1 saturated carbocycles. The van der Waals surface area contributed by atoms with Crippen molar-refractivity contribution in [2.75, 3.05) is 20.8 Å². The number of hydrogen-bond acceptors (Lipinski definition) is 4. The minimum atomic E-state index is 0.157. The Balaban J connectivity index is 1.67. The summed E-state index contributed by atoms with van der Waals surface area (Å²) in [5, 5.41) is 0. The maximum atomic E-state index is 6.41. The fraction of sp³-hybridized carbons (Fsp3) is 0.478. The van der Waals surface area contributed by atoms with E-state index in [0.717, 1.165) is 43.9 Å². The number of nitrogens with two attached hydrogens (primary N) is 1. The van der Waals surface area contributed by atoms with Crippen LogP contribution in [-0.4, -0.2) is 37.7 Å². The topological polar surface area (TPSA) is 47.7 Å². The number of ether oxygens (including phenoxy) is 2. The van der Waals surface area contributed by atoms with Gasteiger partial charge in [-0.05, 0) is 55.5 Å². The highest BCUT2D eigenvalue weighted by molar-refractivity contribution is 5.46. The van der Waals surface area contributed by atoms with Crippen molar-refractivity contribution in [3.05, 3.63) is 59.7 Å². The third-order valence-electron chi connectivity index (χ3n) is 6.60. The Morgan fingerprint density at radius 2 is 1.81 bits per heavy atom. The van der Waals surface area contributed by atoms with Crippen molar-refractivity contribution in [2.24, 2.45) is 5.73 Å². The maximum Gasteiger partial charge on any atom is 0.161 e. The lowest BCUT2D eigenvalue weighted by molar-refractivity contribution is 0.139. The van der Waals surface area contributed by atoms with Gasteiger partial charge in [0.15, 0.2) is 11.5 Å². The highest BCUT2D eigenvalue weighted by atomic mass is 16.5. The van der Waals surface area contributed by atoms with Crippen LogP contribution in [-0.2, 0) is 12.0 Å². The SMILES string of the molecule is COc1ccc([C@@]23CCC(N)C[C@@H]2N(Cc2ccccc2)CC3)cc1OC. The fourth-order valence-electron chi connectivity index (χ4n) is 5.16. The van der Waals surface area contributed by atoms with Crippen molar-refractivity contribution in [1.82, 2.24) is 4.90 Å². The summed E-state index contributed by atoms with van der Waals surface area (Å²) < 4.78 is 11.0. The molecule has 4 heteroatoms. The van der Waals surface area contributed by atoms with Gasteiger partial charge in [0, 0.05) is 24.0 Å². The smallest absolute Gasteiger partial charge is 0.161 e. The van der Waals surface area contributed by atoms with Crippen LogP contribution in [0.2, 0.25) is 0 Å². The minimum Gasteiger partial charge on any atom is -0.493 e. The largest absolute Gasteiger partial charge is 0.493 e. The normalized spacial score (nSPS) is 28.0. The van der Waals surface area contributed by atoms with Gasteiger partial charge < -0.3 is 15.2 Å². The van der Waals surface area contributed by atoms with Crippen LogP contribution in [0.4, 0.5) is 0 Å². The Bertz CT molecular complexity index is 779. The lowest BCUT2D eigenvalue weighted by Gasteiger charge is -2.44. The molecule has 1 aliphatic heterocycles. The fourth-order valence-corrected chi connectivity index (χ4v) is 5.16. The molecule has 2 aliphatic rings. The number of fused-ring (bicyclic) bond motifs is 1. The molecular weight excluding hydrogens is 336 g/mol. The number of nitrogens with zero attached hydrogens (tertiary/aromatic N) is 1. The van der Waals surface area contributed by atoms with E-state index in [4.69, 9.17) is 15.2 Å². The molecule has 1 heterocycles. The van der Waals surface area contributed by atoms with Gasteiger partial charge in [-0.15, -0.1) is 0 Å². The first kappa shape index (κ1) is 18.3. The summed E-state index contributed by atoms with van der Waals surface area (Å²) in [6.07, 6.45) is 4.46. The van der Waals surface area contributed by atoms with Crippen molar-refractivity contribution in [2.45, 2.75) is 49.7 Å². The Hall–Kier alpha value is -2.04. The second-order valence-corrected chi connectivity index (χ2v) is 7.98. The molecule has 2 aromatic carbocycles. The van der Waals surface area contributed by atoms with Gasteiger partial charge in [0.25, 0.3) is 0 Å². The van der Waals surface area contributed by atoms with Gasteiger partial charge in [0.2, 0.25) is 0 Å². The molecule has 0 amide bonds. The molecular formula is C23H30N2O2. The Morgan fingerprint density at radius 3 is 2.56 bits per heavy atom. The molecule has 0 radical (unpaired) electrons.